The molecule has 0 radical (unpaired) electrons. The van der Waals surface area contributed by atoms with Crippen molar-refractivity contribution in [2.24, 2.45) is 0 Å². The molecule has 1 heterocycles. The molecule has 10 aromatic rings. The zero-order valence-electron chi connectivity index (χ0n) is 29.6. The lowest BCUT2D eigenvalue weighted by Crippen LogP contribution is -2.10. The number of rotatable bonds is 7. The second-order valence-electron chi connectivity index (χ2n) is 13.7. The third kappa shape index (κ3) is 5.74. The molecule has 0 saturated carbocycles. The lowest BCUT2D eigenvalue weighted by Gasteiger charge is -2.27. The molecule has 0 aliphatic rings. The Bertz CT molecular complexity index is 2910. The van der Waals surface area contributed by atoms with Gasteiger partial charge < -0.3 is 4.90 Å². The van der Waals surface area contributed by atoms with Gasteiger partial charge in [-0.05, 0) is 91.7 Å². The number of fused-ring (bicyclic) bond motifs is 4. The van der Waals surface area contributed by atoms with Crippen molar-refractivity contribution in [1.29, 1.82) is 0 Å². The van der Waals surface area contributed by atoms with Crippen LogP contribution in [0.2, 0.25) is 0 Å². The third-order valence-corrected chi connectivity index (χ3v) is 11.7. The molecule has 0 saturated heterocycles. The van der Waals surface area contributed by atoms with Crippen molar-refractivity contribution in [3.8, 4) is 44.5 Å². The van der Waals surface area contributed by atoms with Crippen molar-refractivity contribution in [3.63, 3.8) is 0 Å². The SMILES string of the molecule is c1ccc(-c2cccc(N(c3ccc(-c4ccc5ccccc5c4)cc3)c3ccc(-c4ccccc4)c4c3sc3c(-c5ccccc5)cccc34)c2)cc1. The predicted octanol–water partition coefficient (Wildman–Crippen LogP) is 15.3. The molecule has 254 valence electrons. The van der Waals surface area contributed by atoms with Crippen LogP contribution in [-0.2, 0) is 0 Å². The largest absolute Gasteiger partial charge is 0.309 e. The van der Waals surface area contributed by atoms with E-state index >= 15 is 0 Å². The van der Waals surface area contributed by atoms with E-state index < -0.39 is 0 Å². The van der Waals surface area contributed by atoms with Gasteiger partial charge in [-0.25, -0.2) is 0 Å². The zero-order chi connectivity index (χ0) is 35.8. The summed E-state index contributed by atoms with van der Waals surface area (Å²) in [6.07, 6.45) is 0. The van der Waals surface area contributed by atoms with Crippen LogP contribution < -0.4 is 4.90 Å². The Kier molecular flexibility index (Phi) is 8.09. The van der Waals surface area contributed by atoms with E-state index in [0.717, 1.165) is 17.1 Å². The fourth-order valence-corrected chi connectivity index (χ4v) is 9.19. The minimum Gasteiger partial charge on any atom is -0.309 e. The average molecular weight is 706 g/mol. The van der Waals surface area contributed by atoms with Gasteiger partial charge in [-0.2, -0.15) is 0 Å². The van der Waals surface area contributed by atoms with E-state index in [2.05, 4.69) is 217 Å². The molecule has 54 heavy (non-hydrogen) atoms. The summed E-state index contributed by atoms with van der Waals surface area (Å²) >= 11 is 1.90. The molecule has 2 heteroatoms. The molecule has 0 N–H and O–H groups in total. The summed E-state index contributed by atoms with van der Waals surface area (Å²) in [5.41, 5.74) is 13.1. The maximum absolute atomic E-state index is 2.45. The normalized spacial score (nSPS) is 11.3. The highest BCUT2D eigenvalue weighted by atomic mass is 32.1. The van der Waals surface area contributed by atoms with E-state index in [4.69, 9.17) is 0 Å². The Morgan fingerprint density at radius 2 is 0.889 bits per heavy atom. The maximum Gasteiger partial charge on any atom is 0.0640 e. The number of nitrogens with zero attached hydrogens (tertiary/aromatic N) is 1. The summed E-state index contributed by atoms with van der Waals surface area (Å²) in [5.74, 6) is 0. The van der Waals surface area contributed by atoms with Gasteiger partial charge in [-0.3, -0.25) is 0 Å². The van der Waals surface area contributed by atoms with Gasteiger partial charge in [0, 0.05) is 26.8 Å². The Morgan fingerprint density at radius 3 is 1.63 bits per heavy atom. The number of thiophene rings is 1. The second kappa shape index (κ2) is 13.7. The van der Waals surface area contributed by atoms with Crippen molar-refractivity contribution in [2.75, 3.05) is 4.90 Å². The van der Waals surface area contributed by atoms with Crippen LogP contribution >= 0.6 is 11.3 Å². The molecule has 0 unspecified atom stereocenters. The molecule has 1 nitrogen and oxygen atoms in total. The molecule has 9 aromatic carbocycles. The molecule has 0 bridgehead atoms. The Morgan fingerprint density at radius 1 is 0.315 bits per heavy atom. The monoisotopic (exact) mass is 705 g/mol. The van der Waals surface area contributed by atoms with E-state index in [1.54, 1.807) is 0 Å². The summed E-state index contributed by atoms with van der Waals surface area (Å²) in [5, 5.41) is 5.07. The molecular weight excluding hydrogens is 671 g/mol. The number of anilines is 3. The molecule has 0 aliphatic carbocycles. The van der Waals surface area contributed by atoms with Gasteiger partial charge >= 0.3 is 0 Å². The highest BCUT2D eigenvalue weighted by Gasteiger charge is 2.22. The summed E-state index contributed by atoms with van der Waals surface area (Å²) in [6.45, 7) is 0. The molecule has 1 aromatic heterocycles. The molecule has 0 atom stereocenters. The van der Waals surface area contributed by atoms with Crippen molar-refractivity contribution < 1.29 is 0 Å². The number of benzene rings is 9. The minimum absolute atomic E-state index is 1.11. The van der Waals surface area contributed by atoms with Crippen LogP contribution in [0.3, 0.4) is 0 Å². The lowest BCUT2D eigenvalue weighted by molar-refractivity contribution is 1.30. The molecule has 0 fully saturated rings. The van der Waals surface area contributed by atoms with Gasteiger partial charge in [0.15, 0.2) is 0 Å². The first kappa shape index (κ1) is 32.0. The highest BCUT2D eigenvalue weighted by Crippen LogP contribution is 2.50. The number of hydrogen-bond acceptors (Lipinski definition) is 2. The average Bonchev–Trinajstić information content (AvgIpc) is 3.65. The van der Waals surface area contributed by atoms with Crippen LogP contribution in [0.25, 0.3) is 75.5 Å². The van der Waals surface area contributed by atoms with E-state index in [1.165, 1.54) is 75.5 Å². The fourth-order valence-electron chi connectivity index (χ4n) is 7.82. The maximum atomic E-state index is 2.45. The summed E-state index contributed by atoms with van der Waals surface area (Å²) < 4.78 is 2.56. The Balaban J connectivity index is 1.21. The van der Waals surface area contributed by atoms with Gasteiger partial charge in [0.25, 0.3) is 0 Å². The zero-order valence-corrected chi connectivity index (χ0v) is 30.4. The van der Waals surface area contributed by atoms with Gasteiger partial charge in [-0.15, -0.1) is 11.3 Å². The Labute approximate surface area is 319 Å². The van der Waals surface area contributed by atoms with Gasteiger partial charge in [0.2, 0.25) is 0 Å². The van der Waals surface area contributed by atoms with E-state index in [-0.39, 0.29) is 0 Å². The summed E-state index contributed by atoms with van der Waals surface area (Å²) in [6, 6.07) is 77.1. The van der Waals surface area contributed by atoms with Crippen LogP contribution in [0, 0.1) is 0 Å². The topological polar surface area (TPSA) is 3.24 Å². The van der Waals surface area contributed by atoms with Crippen LogP contribution in [0.4, 0.5) is 17.1 Å². The fraction of sp³-hybridized carbons (Fsp3) is 0. The predicted molar refractivity (Wildman–Crippen MR) is 233 cm³/mol. The number of hydrogen-bond donors (Lipinski definition) is 0. The van der Waals surface area contributed by atoms with Crippen molar-refractivity contribution in [1.82, 2.24) is 0 Å². The van der Waals surface area contributed by atoms with E-state index in [0.29, 0.717) is 0 Å². The molecule has 0 aliphatic heterocycles. The molecule has 0 spiro atoms. The first-order valence-electron chi connectivity index (χ1n) is 18.4. The minimum atomic E-state index is 1.11. The standard InChI is InChI=1S/C52H35NS/c1-4-14-36(15-5-1)42-22-12-23-45(35-42)53(44-30-28-38(29-31-44)43-27-26-37-16-10-11-21-41(37)34-43)49-33-32-46(39-17-6-2-7-18-39)50-48-25-13-24-47(51(48)54-52(49)50)40-19-8-3-9-20-40/h1-35H. The highest BCUT2D eigenvalue weighted by molar-refractivity contribution is 7.27. The van der Waals surface area contributed by atoms with Gasteiger partial charge in [0.1, 0.15) is 0 Å². The van der Waals surface area contributed by atoms with Gasteiger partial charge in [0.05, 0.1) is 10.4 Å². The van der Waals surface area contributed by atoms with Crippen molar-refractivity contribution in [2.45, 2.75) is 0 Å². The Hall–Kier alpha value is -6.74. The van der Waals surface area contributed by atoms with Crippen molar-refractivity contribution >= 4 is 59.3 Å². The second-order valence-corrected chi connectivity index (χ2v) is 14.7. The summed E-state index contributed by atoms with van der Waals surface area (Å²) in [4.78, 5) is 2.45. The smallest absolute Gasteiger partial charge is 0.0640 e. The van der Waals surface area contributed by atoms with Crippen LogP contribution in [-0.4, -0.2) is 0 Å². The van der Waals surface area contributed by atoms with E-state index in [9.17, 15) is 0 Å². The summed E-state index contributed by atoms with van der Waals surface area (Å²) in [7, 11) is 0. The first-order chi connectivity index (χ1) is 26.8. The van der Waals surface area contributed by atoms with Gasteiger partial charge in [-0.1, -0.05) is 176 Å². The quantitative estimate of drug-likeness (QED) is 0.160. The third-order valence-electron chi connectivity index (χ3n) is 10.5. The van der Waals surface area contributed by atoms with Crippen molar-refractivity contribution in [3.05, 3.63) is 212 Å². The molecule has 10 rings (SSSR count). The van der Waals surface area contributed by atoms with Crippen LogP contribution in [0.1, 0.15) is 0 Å². The molecular formula is C52H35NS. The first-order valence-corrected chi connectivity index (χ1v) is 19.2. The van der Waals surface area contributed by atoms with E-state index in [1.807, 2.05) is 11.3 Å². The lowest BCUT2D eigenvalue weighted by atomic mass is 9.96. The van der Waals surface area contributed by atoms with Crippen LogP contribution in [0.5, 0.6) is 0 Å². The molecule has 0 amide bonds. The van der Waals surface area contributed by atoms with Crippen LogP contribution in [0.15, 0.2) is 212 Å².